The number of fused-ring (bicyclic) bond motifs is 1. The van der Waals surface area contributed by atoms with Crippen molar-refractivity contribution in [3.8, 4) is 28.6 Å². The Balaban J connectivity index is 1.65. The highest BCUT2D eigenvalue weighted by molar-refractivity contribution is 5.88. The molecule has 2 aliphatic rings. The van der Waals surface area contributed by atoms with Gasteiger partial charge in [-0.1, -0.05) is 0 Å². The van der Waals surface area contributed by atoms with Crippen LogP contribution in [0.25, 0.3) is 22.3 Å². The average molecular weight is 649 g/mol. The molecule has 15 nitrogen and oxygen atoms in total. The van der Waals surface area contributed by atoms with E-state index in [2.05, 4.69) is 0 Å². The number of esters is 1. The lowest BCUT2D eigenvalue weighted by molar-refractivity contribution is -0.339. The van der Waals surface area contributed by atoms with E-state index in [0.29, 0.717) is 11.3 Å². The van der Waals surface area contributed by atoms with Gasteiger partial charge in [0.05, 0.1) is 32.5 Å². The number of rotatable bonds is 8. The Kier molecular flexibility index (Phi) is 9.86. The van der Waals surface area contributed by atoms with Crippen molar-refractivity contribution in [2.45, 2.75) is 75.1 Å². The summed E-state index contributed by atoms with van der Waals surface area (Å²) in [5.41, 5.74) is -0.361. The van der Waals surface area contributed by atoms with Gasteiger partial charge >= 0.3 is 5.97 Å². The van der Waals surface area contributed by atoms with Crippen LogP contribution in [0, 0.1) is 0 Å². The molecule has 15 heteroatoms. The predicted octanol–water partition coefficient (Wildman–Crippen LogP) is 0.120. The van der Waals surface area contributed by atoms with Gasteiger partial charge in [0, 0.05) is 24.6 Å². The van der Waals surface area contributed by atoms with Crippen LogP contribution >= 0.6 is 0 Å². The third kappa shape index (κ3) is 6.15. The molecule has 0 bridgehead atoms. The third-order valence-electron chi connectivity index (χ3n) is 8.12. The summed E-state index contributed by atoms with van der Waals surface area (Å²) in [6.45, 7) is 1.72. The van der Waals surface area contributed by atoms with Crippen molar-refractivity contribution < 1.29 is 68.3 Å². The molecule has 3 heterocycles. The summed E-state index contributed by atoms with van der Waals surface area (Å²) >= 11 is 0. The molecule has 0 saturated carbocycles. The van der Waals surface area contributed by atoms with Crippen LogP contribution in [0.1, 0.15) is 25.5 Å². The molecule has 2 saturated heterocycles. The molecule has 1 aromatic heterocycles. The van der Waals surface area contributed by atoms with Crippen LogP contribution in [-0.2, 0) is 23.7 Å². The molecule has 0 unspecified atom stereocenters. The number of aromatic hydroxyl groups is 1. The fraction of sp³-hybridized carbons (Fsp3) is 0.484. The molecule has 0 amide bonds. The van der Waals surface area contributed by atoms with Crippen molar-refractivity contribution in [2.75, 3.05) is 20.8 Å². The monoisotopic (exact) mass is 648 g/mol. The second-order valence-corrected chi connectivity index (χ2v) is 11.0. The zero-order chi connectivity index (χ0) is 33.4. The van der Waals surface area contributed by atoms with E-state index in [1.807, 2.05) is 0 Å². The molecule has 3 aromatic rings. The number of hydrogen-bond donors (Lipinski definition) is 6. The summed E-state index contributed by atoms with van der Waals surface area (Å²) in [7, 11) is 2.78. The minimum atomic E-state index is -1.81. The summed E-state index contributed by atoms with van der Waals surface area (Å²) in [6, 6.07) is 9.23. The molecular formula is C31H36O15. The summed E-state index contributed by atoms with van der Waals surface area (Å²) in [5, 5.41) is 63.7. The van der Waals surface area contributed by atoms with Crippen molar-refractivity contribution in [3.05, 3.63) is 52.2 Å². The maximum Gasteiger partial charge on any atom is 0.303 e. The van der Waals surface area contributed by atoms with Gasteiger partial charge in [-0.3, -0.25) is 9.59 Å². The molecule has 46 heavy (non-hydrogen) atoms. The Morgan fingerprint density at radius 2 is 1.61 bits per heavy atom. The zero-order valence-electron chi connectivity index (χ0n) is 25.3. The highest BCUT2D eigenvalue weighted by atomic mass is 16.7. The quantitative estimate of drug-likeness (QED) is 0.179. The number of phenolic OH excluding ortho intramolecular Hbond substituents is 1. The lowest BCUT2D eigenvalue weighted by atomic mass is 9.88. The number of ether oxygens (including phenoxy) is 6. The summed E-state index contributed by atoms with van der Waals surface area (Å²) < 4.78 is 39.7. The zero-order valence-corrected chi connectivity index (χ0v) is 25.3. The van der Waals surface area contributed by atoms with Gasteiger partial charge in [-0.15, -0.1) is 0 Å². The van der Waals surface area contributed by atoms with Crippen molar-refractivity contribution in [1.82, 2.24) is 0 Å². The first-order valence-corrected chi connectivity index (χ1v) is 14.4. The maximum absolute atomic E-state index is 13.5. The molecule has 2 aromatic carbocycles. The molecule has 2 aliphatic heterocycles. The lowest BCUT2D eigenvalue weighted by Crippen LogP contribution is -2.62. The van der Waals surface area contributed by atoms with Crippen LogP contribution < -0.4 is 14.9 Å². The highest BCUT2D eigenvalue weighted by Gasteiger charge is 2.53. The molecule has 5 rings (SSSR count). The Morgan fingerprint density at radius 1 is 0.913 bits per heavy atom. The number of aliphatic hydroxyl groups excluding tert-OH is 5. The van der Waals surface area contributed by atoms with Crippen LogP contribution in [0.2, 0.25) is 0 Å². The van der Waals surface area contributed by atoms with Gasteiger partial charge in [-0.2, -0.15) is 0 Å². The smallest absolute Gasteiger partial charge is 0.303 e. The molecule has 2 fully saturated rings. The van der Waals surface area contributed by atoms with Gasteiger partial charge in [0.1, 0.15) is 76.7 Å². The van der Waals surface area contributed by atoms with Crippen LogP contribution in [0.3, 0.4) is 0 Å². The Labute approximate surface area is 262 Å². The third-order valence-corrected chi connectivity index (χ3v) is 8.12. The maximum atomic E-state index is 13.5. The highest BCUT2D eigenvalue weighted by Crippen LogP contribution is 2.47. The Hall–Kier alpha value is -3.80. The predicted molar refractivity (Wildman–Crippen MR) is 156 cm³/mol. The van der Waals surface area contributed by atoms with Crippen LogP contribution in [0.5, 0.6) is 17.2 Å². The molecule has 6 N–H and O–H groups in total. The standard InChI is InChI=1S/C31H36O15/c1-12-23(35)26(38)27(39)31(42-12)46-30-28(45-20(11-32)24(36)29(30)43-13(2)33)22-18(41-4)10-19-21(25(22)37)16(34)9-17(44-19)14-5-7-15(40-3)8-6-14/h5-10,12,20,23-24,26-32,35-39H,11H2,1-4H3/t12-,20+,23-,24+,26+,27+,28-,29-,30-,31-/m0/s1. The van der Waals surface area contributed by atoms with E-state index >= 15 is 0 Å². The van der Waals surface area contributed by atoms with Crippen molar-refractivity contribution in [3.63, 3.8) is 0 Å². The molecule has 0 radical (unpaired) electrons. The Morgan fingerprint density at radius 3 is 2.22 bits per heavy atom. The average Bonchev–Trinajstić information content (AvgIpc) is 3.04. The SMILES string of the molecule is COc1ccc(-c2cc(=O)c3c(O)c([C@@H]4O[C@H](CO)[C@@H](O)[C@H](OC(C)=O)[C@H]4O[C@@H]4O[C@@H](C)[C@H](O)[C@@H](O)[C@H]4O)c(OC)cc3o2)cc1. The minimum absolute atomic E-state index is 0.0584. The number of carbonyl (C=O) groups is 1. The van der Waals surface area contributed by atoms with Gasteiger partial charge in [-0.25, -0.2) is 0 Å². The number of phenols is 1. The van der Waals surface area contributed by atoms with Crippen LogP contribution in [-0.4, -0.2) is 113 Å². The fourth-order valence-corrected chi connectivity index (χ4v) is 5.70. The molecule has 0 spiro atoms. The molecular weight excluding hydrogens is 612 g/mol. The van der Waals surface area contributed by atoms with E-state index in [4.69, 9.17) is 32.8 Å². The van der Waals surface area contributed by atoms with Gasteiger partial charge in [-0.05, 0) is 31.2 Å². The van der Waals surface area contributed by atoms with Gasteiger partial charge in [0.25, 0.3) is 0 Å². The number of hydrogen-bond acceptors (Lipinski definition) is 15. The number of aliphatic hydroxyl groups is 5. The van der Waals surface area contributed by atoms with Crippen LogP contribution in [0.4, 0.5) is 0 Å². The van der Waals surface area contributed by atoms with Crippen molar-refractivity contribution in [1.29, 1.82) is 0 Å². The van der Waals surface area contributed by atoms with E-state index in [-0.39, 0.29) is 28.0 Å². The molecule has 10 atom stereocenters. The first-order valence-electron chi connectivity index (χ1n) is 14.4. The number of carbonyl (C=O) groups excluding carboxylic acids is 1. The molecule has 250 valence electrons. The molecule has 0 aliphatic carbocycles. The summed E-state index contributed by atoms with van der Waals surface area (Å²) in [5.74, 6) is -0.829. The number of methoxy groups -OCH3 is 2. The summed E-state index contributed by atoms with van der Waals surface area (Å²) in [4.78, 5) is 25.6. The van der Waals surface area contributed by atoms with Crippen molar-refractivity contribution >= 4 is 16.9 Å². The van der Waals surface area contributed by atoms with E-state index in [0.717, 1.165) is 6.92 Å². The van der Waals surface area contributed by atoms with E-state index in [1.165, 1.54) is 33.3 Å². The number of benzene rings is 2. The minimum Gasteiger partial charge on any atom is -0.506 e. The van der Waals surface area contributed by atoms with Gasteiger partial charge in [0.2, 0.25) is 0 Å². The second kappa shape index (κ2) is 13.5. The Bertz CT molecular complexity index is 1600. The fourth-order valence-electron chi connectivity index (χ4n) is 5.70. The summed E-state index contributed by atoms with van der Waals surface area (Å²) in [6.07, 6.45) is -15.5. The van der Waals surface area contributed by atoms with E-state index < -0.39 is 85.0 Å². The van der Waals surface area contributed by atoms with Gasteiger partial charge < -0.3 is 63.5 Å². The van der Waals surface area contributed by atoms with E-state index in [1.54, 1.807) is 24.3 Å². The first-order chi connectivity index (χ1) is 21.9. The van der Waals surface area contributed by atoms with Gasteiger partial charge in [0.15, 0.2) is 17.8 Å². The normalized spacial score (nSPS) is 31.4. The van der Waals surface area contributed by atoms with Crippen molar-refractivity contribution in [2.24, 2.45) is 0 Å². The van der Waals surface area contributed by atoms with Crippen LogP contribution in [0.15, 0.2) is 45.6 Å². The lowest BCUT2D eigenvalue weighted by Gasteiger charge is -2.47. The topological polar surface area (TPSA) is 224 Å². The largest absolute Gasteiger partial charge is 0.506 e. The second-order valence-electron chi connectivity index (χ2n) is 11.0. The first kappa shape index (κ1) is 33.6. The van der Waals surface area contributed by atoms with E-state index in [9.17, 15) is 40.2 Å².